The number of hydrogen-bond acceptors (Lipinski definition) is 4. The molecule has 2 aliphatic rings. The summed E-state index contributed by atoms with van der Waals surface area (Å²) >= 11 is 0. The Morgan fingerprint density at radius 2 is 1.76 bits per heavy atom. The van der Waals surface area contributed by atoms with Gasteiger partial charge in [-0.15, -0.1) is 0 Å². The molecule has 4 aromatic rings. The number of fused-ring (bicyclic) bond motifs is 5. The van der Waals surface area contributed by atoms with Gasteiger partial charge in [-0.1, -0.05) is 100 Å². The van der Waals surface area contributed by atoms with Gasteiger partial charge in [0.15, 0.2) is 5.78 Å². The number of allylic oxidation sites excluding steroid dienone is 4. The van der Waals surface area contributed by atoms with Crippen LogP contribution in [0.1, 0.15) is 94.9 Å². The normalized spacial score (nSPS) is 16.1. The molecule has 0 radical (unpaired) electrons. The number of aromatic amines is 1. The summed E-state index contributed by atoms with van der Waals surface area (Å²) in [6.45, 7) is 13.4. The van der Waals surface area contributed by atoms with Crippen molar-refractivity contribution in [2.75, 3.05) is 25.0 Å². The topological polar surface area (TPSA) is 103 Å². The van der Waals surface area contributed by atoms with Crippen molar-refractivity contribution in [3.63, 3.8) is 0 Å². The third-order valence-corrected chi connectivity index (χ3v) is 11.9. The highest BCUT2D eigenvalue weighted by molar-refractivity contribution is 6.01. The van der Waals surface area contributed by atoms with Crippen LogP contribution in [0.2, 0.25) is 0 Å². The summed E-state index contributed by atoms with van der Waals surface area (Å²) in [6, 6.07) is 21.5. The number of aryl methyl sites for hydroxylation is 2. The van der Waals surface area contributed by atoms with Crippen molar-refractivity contribution in [1.82, 2.24) is 14.8 Å². The molecule has 310 valence electrons. The number of carbonyl (C=O) groups is 4. The van der Waals surface area contributed by atoms with E-state index in [9.17, 15) is 19.2 Å². The van der Waals surface area contributed by atoms with Crippen LogP contribution in [0, 0.1) is 11.8 Å². The average molecular weight is 795 g/mol. The van der Waals surface area contributed by atoms with Gasteiger partial charge in [0.2, 0.25) is 17.7 Å². The fourth-order valence-electron chi connectivity index (χ4n) is 8.84. The Morgan fingerprint density at radius 3 is 2.51 bits per heavy atom. The number of benzene rings is 3. The van der Waals surface area contributed by atoms with Crippen LogP contribution in [0.25, 0.3) is 22.2 Å². The zero-order chi connectivity index (χ0) is 41.9. The molecule has 2 heterocycles. The molecule has 1 aliphatic heterocycles. The van der Waals surface area contributed by atoms with E-state index in [2.05, 4.69) is 48.9 Å². The molecular weight excluding hydrogens is 733 g/mol. The molecule has 8 heteroatoms. The first-order valence-electron chi connectivity index (χ1n) is 21.8. The minimum absolute atomic E-state index is 0.0226. The van der Waals surface area contributed by atoms with Gasteiger partial charge < -0.3 is 20.1 Å². The standard InChI is InChI=1S/C51H62N4O4/c1-6-9-18-38(8-3)43(25-22-35(4)5)51(59)55-29-14-13-21-47(55)50(58)52-40-24-27-46-45(33-40)44-20-15-19-39-30-37(23-26-42(39)49(44)53-46)31-41(56)34-54(28-7-2)48(57)32-36-16-11-10-12-17-36/h6,8-12,16-18,23-24,26-27,30,33,35,43,47,53H,1,7,13-15,19-22,25,28-29,31-32,34H2,2-5H3,(H,52,58). The number of likely N-dealkylation sites (tertiary alicyclic amines) is 1. The molecule has 59 heavy (non-hydrogen) atoms. The molecule has 0 saturated carbocycles. The van der Waals surface area contributed by atoms with Crippen LogP contribution in [0.15, 0.2) is 103 Å². The van der Waals surface area contributed by atoms with E-state index < -0.39 is 6.04 Å². The predicted molar refractivity (Wildman–Crippen MR) is 240 cm³/mol. The summed E-state index contributed by atoms with van der Waals surface area (Å²) in [5, 5.41) is 4.29. The van der Waals surface area contributed by atoms with Gasteiger partial charge in [0.05, 0.1) is 18.9 Å². The van der Waals surface area contributed by atoms with E-state index in [-0.39, 0.29) is 42.4 Å². The third kappa shape index (κ3) is 10.8. The Bertz CT molecular complexity index is 2200. The zero-order valence-electron chi connectivity index (χ0n) is 35.5. The minimum Gasteiger partial charge on any atom is -0.354 e. The third-order valence-electron chi connectivity index (χ3n) is 11.9. The maximum absolute atomic E-state index is 14.3. The Labute approximate surface area is 350 Å². The molecule has 1 fully saturated rings. The van der Waals surface area contributed by atoms with E-state index in [1.165, 1.54) is 11.1 Å². The molecule has 1 saturated heterocycles. The van der Waals surface area contributed by atoms with Gasteiger partial charge in [0.1, 0.15) is 6.04 Å². The van der Waals surface area contributed by atoms with Gasteiger partial charge in [-0.05, 0) is 117 Å². The van der Waals surface area contributed by atoms with Crippen molar-refractivity contribution in [1.29, 1.82) is 0 Å². The SMILES string of the molecule is C=CC=CC(=CC)C(CCC(C)C)C(=O)N1CCCCC1C(=O)Nc1ccc2[nH]c3c(c2c1)CCCc1cc(CC(=O)CN(CCC)C(=O)Cc2ccccc2)ccc1-3. The first kappa shape index (κ1) is 43.1. The Balaban J connectivity index is 1.16. The predicted octanol–water partition coefficient (Wildman–Crippen LogP) is 9.98. The second-order valence-corrected chi connectivity index (χ2v) is 16.7. The van der Waals surface area contributed by atoms with Crippen molar-refractivity contribution in [2.45, 2.75) is 104 Å². The van der Waals surface area contributed by atoms with Crippen molar-refractivity contribution in [3.05, 3.63) is 125 Å². The van der Waals surface area contributed by atoms with Crippen LogP contribution in [-0.2, 0) is 44.9 Å². The number of amides is 3. The minimum atomic E-state index is -0.532. The van der Waals surface area contributed by atoms with E-state index in [1.807, 2.05) is 85.5 Å². The molecule has 3 aromatic carbocycles. The van der Waals surface area contributed by atoms with E-state index in [0.717, 1.165) is 95.9 Å². The number of H-pyrrole nitrogens is 1. The summed E-state index contributed by atoms with van der Waals surface area (Å²) in [4.78, 5) is 62.1. The van der Waals surface area contributed by atoms with Crippen molar-refractivity contribution in [3.8, 4) is 11.3 Å². The van der Waals surface area contributed by atoms with Crippen LogP contribution >= 0.6 is 0 Å². The molecule has 6 rings (SSSR count). The largest absolute Gasteiger partial charge is 0.354 e. The van der Waals surface area contributed by atoms with Gasteiger partial charge in [0.25, 0.3) is 0 Å². The smallest absolute Gasteiger partial charge is 0.247 e. The maximum Gasteiger partial charge on any atom is 0.247 e. The number of anilines is 1. The number of piperidine rings is 1. The number of rotatable bonds is 17. The quantitative estimate of drug-likeness (QED) is 0.104. The van der Waals surface area contributed by atoms with Gasteiger partial charge in [-0.2, -0.15) is 0 Å². The van der Waals surface area contributed by atoms with Crippen LogP contribution < -0.4 is 5.32 Å². The summed E-state index contributed by atoms with van der Waals surface area (Å²) in [6.07, 6.45) is 15.7. The second-order valence-electron chi connectivity index (χ2n) is 16.7. The van der Waals surface area contributed by atoms with E-state index in [4.69, 9.17) is 0 Å². The number of ketones is 1. The highest BCUT2D eigenvalue weighted by atomic mass is 16.2. The van der Waals surface area contributed by atoms with E-state index >= 15 is 0 Å². The lowest BCUT2D eigenvalue weighted by molar-refractivity contribution is -0.143. The fourth-order valence-corrected chi connectivity index (χ4v) is 8.84. The Morgan fingerprint density at radius 1 is 0.949 bits per heavy atom. The number of carbonyl (C=O) groups excluding carboxylic acids is 4. The molecule has 0 bridgehead atoms. The molecule has 2 N–H and O–H groups in total. The molecular formula is C51H62N4O4. The molecule has 1 aliphatic carbocycles. The number of nitrogens with zero attached hydrogens (tertiary/aromatic N) is 2. The number of hydrogen-bond donors (Lipinski definition) is 2. The van der Waals surface area contributed by atoms with Crippen molar-refractivity contribution in [2.24, 2.45) is 11.8 Å². The Kier molecular flexibility index (Phi) is 14.9. The summed E-state index contributed by atoms with van der Waals surface area (Å²) in [5.41, 5.74) is 9.24. The monoisotopic (exact) mass is 794 g/mol. The Hall–Kier alpha value is -5.50. The van der Waals surface area contributed by atoms with Crippen LogP contribution in [0.5, 0.6) is 0 Å². The molecule has 0 spiro atoms. The number of nitrogens with one attached hydrogen (secondary N) is 2. The lowest BCUT2D eigenvalue weighted by atomic mass is 9.87. The van der Waals surface area contributed by atoms with Gasteiger partial charge in [0, 0.05) is 47.4 Å². The highest BCUT2D eigenvalue weighted by Gasteiger charge is 2.36. The molecule has 2 unspecified atom stereocenters. The van der Waals surface area contributed by atoms with Crippen molar-refractivity contribution < 1.29 is 19.2 Å². The van der Waals surface area contributed by atoms with E-state index in [0.29, 0.717) is 31.8 Å². The maximum atomic E-state index is 14.3. The lowest BCUT2D eigenvalue weighted by Gasteiger charge is -2.37. The lowest BCUT2D eigenvalue weighted by Crippen LogP contribution is -2.52. The first-order valence-corrected chi connectivity index (χ1v) is 21.8. The summed E-state index contributed by atoms with van der Waals surface area (Å²) in [7, 11) is 0. The average Bonchev–Trinajstić information content (AvgIpc) is 3.48. The molecule has 1 aromatic heterocycles. The molecule has 8 nitrogen and oxygen atoms in total. The van der Waals surface area contributed by atoms with Gasteiger partial charge in [-0.25, -0.2) is 0 Å². The molecule has 3 amide bonds. The van der Waals surface area contributed by atoms with Crippen LogP contribution in [0.3, 0.4) is 0 Å². The number of aromatic nitrogens is 1. The number of Topliss-reactive ketones (excluding diaryl/α,β-unsaturated/α-hetero) is 1. The molecule has 2 atom stereocenters. The van der Waals surface area contributed by atoms with Crippen molar-refractivity contribution >= 4 is 40.1 Å². The van der Waals surface area contributed by atoms with Crippen LogP contribution in [0.4, 0.5) is 5.69 Å². The van der Waals surface area contributed by atoms with Gasteiger partial charge in [-0.3, -0.25) is 19.2 Å². The zero-order valence-corrected chi connectivity index (χ0v) is 35.5. The van der Waals surface area contributed by atoms with Gasteiger partial charge >= 0.3 is 0 Å². The first-order chi connectivity index (χ1) is 28.6. The van der Waals surface area contributed by atoms with E-state index in [1.54, 1.807) is 11.0 Å². The summed E-state index contributed by atoms with van der Waals surface area (Å²) in [5.74, 6) is 0.0439. The summed E-state index contributed by atoms with van der Waals surface area (Å²) < 4.78 is 0. The fraction of sp³-hybridized carbons (Fsp3) is 0.412. The second kappa shape index (κ2) is 20.5. The highest BCUT2D eigenvalue weighted by Crippen LogP contribution is 2.38. The van der Waals surface area contributed by atoms with Crippen LogP contribution in [-0.4, -0.2) is 64.0 Å².